The van der Waals surface area contributed by atoms with Crippen LogP contribution in [0.25, 0.3) is 0 Å². The molecule has 1 N–H and O–H groups in total. The average Bonchev–Trinajstić information content (AvgIpc) is 4.01. The third-order valence-electron chi connectivity index (χ3n) is 10.4. The maximum absolute atomic E-state index is 12.7. The predicted octanol–water partition coefficient (Wildman–Crippen LogP) is 11.5. The van der Waals surface area contributed by atoms with Crippen molar-refractivity contribution < 1.29 is 52.4 Å². The molecule has 2 saturated heterocycles. The predicted molar refractivity (Wildman–Crippen MR) is 264 cm³/mol. The van der Waals surface area contributed by atoms with Gasteiger partial charge in [0.05, 0.1) is 0 Å². The number of hydrogen-bond acceptors (Lipinski definition) is 12. The quantitative estimate of drug-likeness (QED) is 0.104. The number of carbonyl (C=O) groups is 5. The molecule has 65 heavy (non-hydrogen) atoms. The fraction of sp³-hybridized carbons (Fsp3) is 0.630. The van der Waals surface area contributed by atoms with Gasteiger partial charge in [0.2, 0.25) is 0 Å². The van der Waals surface area contributed by atoms with E-state index in [1.807, 2.05) is 95.9 Å². The summed E-state index contributed by atoms with van der Waals surface area (Å²) >= 11 is 0. The highest BCUT2D eigenvalue weighted by atomic mass is 32.0. The Labute approximate surface area is 394 Å². The van der Waals surface area contributed by atoms with E-state index in [-0.39, 0.29) is 37.8 Å². The molecule has 4 unspecified atom stereocenters. The number of hydrogen-bond donors (Lipinski definition) is 1. The van der Waals surface area contributed by atoms with Crippen molar-refractivity contribution in [2.45, 2.75) is 150 Å². The molecule has 2 aliphatic carbocycles. The molecule has 0 radical (unpaired) electrons. The Balaban J connectivity index is 0.000000270. The van der Waals surface area contributed by atoms with Crippen LogP contribution in [0, 0.1) is 11.8 Å². The summed E-state index contributed by atoms with van der Waals surface area (Å²) in [6.45, 7) is 22.2. The van der Waals surface area contributed by atoms with Crippen molar-refractivity contribution >= 4 is 64.0 Å². The first kappa shape index (κ1) is 56.0. The number of nitrogens with one attached hydrogen (secondary N) is 1. The van der Waals surface area contributed by atoms with Gasteiger partial charge in [-0.2, -0.15) is 0 Å². The van der Waals surface area contributed by atoms with Crippen molar-refractivity contribution in [2.75, 3.05) is 26.4 Å². The SMILES string of the molecule is C.CC(C)(C)OC(=O)OC(=O)OC(C)(C)C.CPPN(C(=O)OC(C)(C)C)[C@@H]1C[C@H]2C[C@@H]1CN2C(=O)OCc1ccccc1.CPPN[C@@H]1C[C@H]2C[C@@H]1CN2C(=O)OCc1ccccc1. The topological polar surface area (TPSA) is 162 Å². The van der Waals surface area contributed by atoms with Crippen molar-refractivity contribution in [1.29, 1.82) is 0 Å². The molecule has 6 rings (SSSR count). The Kier molecular flexibility index (Phi) is 22.1. The van der Waals surface area contributed by atoms with E-state index >= 15 is 0 Å². The highest BCUT2D eigenvalue weighted by molar-refractivity contribution is 8.10. The number of fused-ring (bicyclic) bond motifs is 4. The first-order chi connectivity index (χ1) is 30.1. The van der Waals surface area contributed by atoms with Gasteiger partial charge < -0.3 is 38.2 Å². The van der Waals surface area contributed by atoms with E-state index in [1.54, 1.807) is 41.5 Å². The van der Waals surface area contributed by atoms with Gasteiger partial charge in [0, 0.05) is 45.7 Å². The first-order valence-electron chi connectivity index (χ1n) is 21.8. The lowest BCUT2D eigenvalue weighted by Crippen LogP contribution is -2.48. The van der Waals surface area contributed by atoms with E-state index in [2.05, 4.69) is 23.2 Å². The molecule has 2 aromatic rings. The standard InChI is InChI=1S/C20H30N2O4P2.C15H22N2O2P2.C10H18O5.CH4/c1-20(2,3)26-19(24)22(28-27-4)17-11-16-10-15(17)12-21(16)18(23)25-13-14-8-6-5-7-9-14;1-20-21-16-14-8-13-7-12(14)9-17(13)15(18)19-10-11-5-3-2-4-6-11;1-9(2,3)14-7(11)13-8(12)15-10(4,5)6;/h5-9,15-17,27-28H,10-13H2,1-4H3;2-6,12-14,16,20-21H,7-10H2,1H3;1-6H3;1H4/t15-,16-,17-;12-,13-,14-;;/m11../s1. The van der Waals surface area contributed by atoms with Crippen LogP contribution in [0.5, 0.6) is 0 Å². The molecule has 364 valence electrons. The fourth-order valence-corrected chi connectivity index (χ4v) is 11.9. The summed E-state index contributed by atoms with van der Waals surface area (Å²) in [4.78, 5) is 63.2. The maximum atomic E-state index is 12.7. The zero-order chi connectivity index (χ0) is 47.2. The number of carbonyl (C=O) groups excluding carboxylic acids is 5. The van der Waals surface area contributed by atoms with Gasteiger partial charge in [0.25, 0.3) is 0 Å². The number of nitrogens with zero attached hydrogens (tertiary/aromatic N) is 3. The van der Waals surface area contributed by atoms with Crippen LogP contribution in [0.3, 0.4) is 0 Å². The van der Waals surface area contributed by atoms with Gasteiger partial charge in [0.15, 0.2) is 0 Å². The summed E-state index contributed by atoms with van der Waals surface area (Å²) in [5, 5.41) is 3.64. The summed E-state index contributed by atoms with van der Waals surface area (Å²) in [5.41, 5.74) is 0.138. The van der Waals surface area contributed by atoms with Crippen molar-refractivity contribution in [1.82, 2.24) is 19.6 Å². The molecule has 2 aromatic carbocycles. The molecule has 0 aromatic heterocycles. The van der Waals surface area contributed by atoms with E-state index in [1.165, 1.54) is 0 Å². The van der Waals surface area contributed by atoms with Crippen LogP contribution >= 0.6 is 33.4 Å². The van der Waals surface area contributed by atoms with Crippen LogP contribution in [0.4, 0.5) is 24.0 Å². The normalized spacial score (nSPS) is 22.4. The third kappa shape index (κ3) is 19.1. The minimum atomic E-state index is -1.06. The first-order valence-corrected chi connectivity index (χ1v) is 28.7. The average molecular weight is 983 g/mol. The lowest BCUT2D eigenvalue weighted by Gasteiger charge is -2.38. The van der Waals surface area contributed by atoms with Crippen LogP contribution in [0.1, 0.15) is 107 Å². The monoisotopic (exact) mass is 982 g/mol. The van der Waals surface area contributed by atoms with E-state index < -0.39 is 29.1 Å². The Morgan fingerprint density at radius 1 is 0.631 bits per heavy atom. The molecule has 2 saturated carbocycles. The number of ether oxygens (including phenoxy) is 6. The third-order valence-corrected chi connectivity index (χ3v) is 14.7. The van der Waals surface area contributed by atoms with Gasteiger partial charge in [-0.25, -0.2) is 24.0 Å². The lowest BCUT2D eigenvalue weighted by atomic mass is 10.0. The van der Waals surface area contributed by atoms with Gasteiger partial charge in [-0.3, -0.25) is 9.76 Å². The molecule has 2 aliphatic heterocycles. The maximum Gasteiger partial charge on any atom is 0.519 e. The van der Waals surface area contributed by atoms with E-state index in [0.29, 0.717) is 60.4 Å². The zero-order valence-electron chi connectivity index (χ0n) is 39.2. The highest BCUT2D eigenvalue weighted by Crippen LogP contribution is 2.49. The van der Waals surface area contributed by atoms with Crippen LogP contribution < -0.4 is 5.09 Å². The van der Waals surface area contributed by atoms with Gasteiger partial charge in [-0.05, 0) is 133 Å². The second-order valence-electron chi connectivity index (χ2n) is 19.1. The molecule has 3 amide bonds. The summed E-state index contributed by atoms with van der Waals surface area (Å²) < 4.78 is 32.3. The Bertz CT molecular complexity index is 1800. The van der Waals surface area contributed by atoms with Gasteiger partial charge in [-0.15, -0.1) is 0 Å². The second-order valence-corrected chi connectivity index (χ2v) is 25.8. The van der Waals surface area contributed by atoms with Crippen molar-refractivity contribution in [3.8, 4) is 0 Å². The minimum absolute atomic E-state index is 0. The van der Waals surface area contributed by atoms with E-state index in [9.17, 15) is 24.0 Å². The summed E-state index contributed by atoms with van der Waals surface area (Å²) in [6, 6.07) is 20.9. The smallest absolute Gasteiger partial charge is 0.445 e. The van der Waals surface area contributed by atoms with Crippen LogP contribution in [-0.2, 0) is 41.6 Å². The number of amides is 3. The summed E-state index contributed by atoms with van der Waals surface area (Å²) in [7, 11) is 2.95. The largest absolute Gasteiger partial charge is 0.519 e. The van der Waals surface area contributed by atoms with Crippen molar-refractivity contribution in [3.63, 3.8) is 0 Å². The van der Waals surface area contributed by atoms with Crippen LogP contribution in [0.15, 0.2) is 60.7 Å². The minimum Gasteiger partial charge on any atom is -0.445 e. The second kappa shape index (κ2) is 25.7. The van der Waals surface area contributed by atoms with Gasteiger partial charge in [0.1, 0.15) is 30.0 Å². The number of likely N-dealkylation sites (tertiary alicyclic amines) is 2. The van der Waals surface area contributed by atoms with E-state index in [4.69, 9.17) is 23.7 Å². The fourth-order valence-electron chi connectivity index (χ4n) is 7.89. The van der Waals surface area contributed by atoms with Crippen molar-refractivity contribution in [2.24, 2.45) is 11.8 Å². The molecule has 4 fully saturated rings. The zero-order valence-corrected chi connectivity index (χ0v) is 43.2. The Hall–Kier alpha value is -3.33. The molecule has 4 bridgehead atoms. The Morgan fingerprint density at radius 2 is 1.08 bits per heavy atom. The Morgan fingerprint density at radius 3 is 1.46 bits per heavy atom. The van der Waals surface area contributed by atoms with Gasteiger partial charge in [-0.1, -0.05) is 84.6 Å². The lowest BCUT2D eigenvalue weighted by molar-refractivity contribution is -0.0294. The van der Waals surface area contributed by atoms with Crippen LogP contribution in [0.2, 0.25) is 0 Å². The molecular weight excluding hydrogens is 908 g/mol. The number of rotatable bonds is 10. The molecule has 0 spiro atoms. The van der Waals surface area contributed by atoms with Gasteiger partial charge >= 0.3 is 30.6 Å². The van der Waals surface area contributed by atoms with E-state index in [0.717, 1.165) is 60.0 Å². The highest BCUT2D eigenvalue weighted by Gasteiger charge is 2.51. The van der Waals surface area contributed by atoms with Crippen LogP contribution in [-0.4, -0.2) is 112 Å². The summed E-state index contributed by atoms with van der Waals surface area (Å²) in [5.74, 6) is 0.911. The molecular formula is C46H74N4O11P4. The molecule has 4 aliphatic rings. The molecule has 15 nitrogen and oxygen atoms in total. The molecule has 2 heterocycles. The molecule has 10 atom stereocenters. The van der Waals surface area contributed by atoms with Crippen molar-refractivity contribution in [3.05, 3.63) is 71.8 Å². The molecule has 19 heteroatoms. The number of piperidine rings is 2. The number of benzene rings is 2. The summed E-state index contributed by atoms with van der Waals surface area (Å²) in [6.07, 6.45) is 1.22.